The van der Waals surface area contributed by atoms with E-state index in [2.05, 4.69) is 10.6 Å². The third-order valence-electron chi connectivity index (χ3n) is 3.15. The van der Waals surface area contributed by atoms with Crippen molar-refractivity contribution in [1.82, 2.24) is 5.32 Å². The number of para-hydroxylation sites is 1. The van der Waals surface area contributed by atoms with Crippen molar-refractivity contribution < 1.29 is 17.9 Å². The maximum Gasteiger partial charge on any atom is 0.417 e. The second-order valence-corrected chi connectivity index (χ2v) is 6.13. The van der Waals surface area contributed by atoms with Crippen LogP contribution in [0.1, 0.15) is 12.5 Å². The van der Waals surface area contributed by atoms with Crippen LogP contribution in [0.15, 0.2) is 48.5 Å². The molecule has 0 amide bonds. The van der Waals surface area contributed by atoms with Crippen LogP contribution in [0.3, 0.4) is 0 Å². The zero-order chi connectivity index (χ0) is 18.4. The van der Waals surface area contributed by atoms with Crippen LogP contribution in [-0.2, 0) is 6.18 Å². The van der Waals surface area contributed by atoms with E-state index in [1.165, 1.54) is 12.1 Å². The molecule has 0 spiro atoms. The summed E-state index contributed by atoms with van der Waals surface area (Å²) in [5, 5.41) is 5.50. The van der Waals surface area contributed by atoms with Gasteiger partial charge in [0.05, 0.1) is 16.6 Å². The summed E-state index contributed by atoms with van der Waals surface area (Å²) < 4.78 is 44.2. The van der Waals surface area contributed by atoms with Crippen molar-refractivity contribution in [2.45, 2.75) is 19.1 Å². The Morgan fingerprint density at radius 3 is 2.52 bits per heavy atom. The summed E-state index contributed by atoms with van der Waals surface area (Å²) in [7, 11) is 0. The van der Waals surface area contributed by atoms with Crippen LogP contribution in [0.25, 0.3) is 0 Å². The summed E-state index contributed by atoms with van der Waals surface area (Å²) >= 11 is 10.7. The van der Waals surface area contributed by atoms with Gasteiger partial charge < -0.3 is 15.4 Å². The van der Waals surface area contributed by atoms with Crippen molar-refractivity contribution >= 4 is 34.6 Å². The van der Waals surface area contributed by atoms with Gasteiger partial charge in [0.15, 0.2) is 5.11 Å². The van der Waals surface area contributed by atoms with E-state index in [4.69, 9.17) is 28.6 Å². The standard InChI is InChI=1S/C17H16ClF3N2OS/c1-11(10-24-13-5-3-2-4-6-13)22-16(25)23-12-7-8-15(18)14(9-12)17(19,20)21/h2-9,11H,10H2,1H3,(H2,22,23,25)/t11-/m1/s1. The maximum atomic E-state index is 12.9. The monoisotopic (exact) mass is 388 g/mol. The van der Waals surface area contributed by atoms with Crippen LogP contribution < -0.4 is 15.4 Å². The molecule has 0 bridgehead atoms. The SMILES string of the molecule is C[C@H](COc1ccccc1)NC(=S)Nc1ccc(Cl)c(C(F)(F)F)c1. The molecule has 0 aromatic heterocycles. The summed E-state index contributed by atoms with van der Waals surface area (Å²) in [5.74, 6) is 0.725. The van der Waals surface area contributed by atoms with Gasteiger partial charge in [-0.1, -0.05) is 29.8 Å². The highest BCUT2D eigenvalue weighted by Gasteiger charge is 2.33. The van der Waals surface area contributed by atoms with Crippen LogP contribution in [0, 0.1) is 0 Å². The number of halogens is 4. The minimum Gasteiger partial charge on any atom is -0.491 e. The van der Waals surface area contributed by atoms with Gasteiger partial charge in [-0.2, -0.15) is 13.2 Å². The summed E-state index contributed by atoms with van der Waals surface area (Å²) in [6, 6.07) is 12.6. The fourth-order valence-corrected chi connectivity index (χ4v) is 2.53. The summed E-state index contributed by atoms with van der Waals surface area (Å²) in [4.78, 5) is 0. The van der Waals surface area contributed by atoms with Crippen molar-refractivity contribution in [2.75, 3.05) is 11.9 Å². The molecule has 0 heterocycles. The van der Waals surface area contributed by atoms with Crippen LogP contribution in [-0.4, -0.2) is 17.8 Å². The molecular weight excluding hydrogens is 373 g/mol. The molecule has 3 nitrogen and oxygen atoms in total. The molecule has 0 unspecified atom stereocenters. The smallest absolute Gasteiger partial charge is 0.417 e. The molecule has 134 valence electrons. The number of hydrogen-bond donors (Lipinski definition) is 2. The Labute approximate surface area is 154 Å². The van der Waals surface area contributed by atoms with Crippen molar-refractivity contribution in [1.29, 1.82) is 0 Å². The molecule has 0 fully saturated rings. The molecule has 1 atom stereocenters. The van der Waals surface area contributed by atoms with Crippen LogP contribution in [0.5, 0.6) is 5.75 Å². The number of ether oxygens (including phenoxy) is 1. The molecule has 0 saturated heterocycles. The average molecular weight is 389 g/mol. The fourth-order valence-electron chi connectivity index (χ4n) is 1.99. The van der Waals surface area contributed by atoms with Gasteiger partial charge in [0.2, 0.25) is 0 Å². The highest BCUT2D eigenvalue weighted by molar-refractivity contribution is 7.80. The largest absolute Gasteiger partial charge is 0.491 e. The van der Waals surface area contributed by atoms with Gasteiger partial charge in [-0.05, 0) is 49.5 Å². The van der Waals surface area contributed by atoms with Gasteiger partial charge in [-0.25, -0.2) is 0 Å². The molecular formula is C17H16ClF3N2OS. The van der Waals surface area contributed by atoms with Gasteiger partial charge in [-0.15, -0.1) is 0 Å². The molecule has 0 aliphatic heterocycles. The normalized spacial score (nSPS) is 12.4. The molecule has 2 aromatic rings. The summed E-state index contributed by atoms with van der Waals surface area (Å²) in [5.41, 5.74) is -0.715. The first kappa shape index (κ1) is 19.3. The first-order valence-electron chi connectivity index (χ1n) is 7.38. The van der Waals surface area contributed by atoms with E-state index in [1.54, 1.807) is 0 Å². The van der Waals surface area contributed by atoms with E-state index in [9.17, 15) is 13.2 Å². The van der Waals surface area contributed by atoms with Gasteiger partial charge in [0, 0.05) is 5.69 Å². The minimum atomic E-state index is -4.53. The van der Waals surface area contributed by atoms with Crippen LogP contribution in [0.4, 0.5) is 18.9 Å². The van der Waals surface area contributed by atoms with E-state index >= 15 is 0 Å². The Bertz CT molecular complexity index is 726. The Hall–Kier alpha value is -1.99. The second-order valence-electron chi connectivity index (χ2n) is 5.32. The lowest BCUT2D eigenvalue weighted by atomic mass is 10.2. The highest BCUT2D eigenvalue weighted by atomic mass is 35.5. The molecule has 25 heavy (non-hydrogen) atoms. The molecule has 2 aromatic carbocycles. The lowest BCUT2D eigenvalue weighted by Crippen LogP contribution is -2.39. The van der Waals surface area contributed by atoms with Crippen LogP contribution in [0.2, 0.25) is 5.02 Å². The Morgan fingerprint density at radius 1 is 1.20 bits per heavy atom. The number of thiocarbonyl (C=S) groups is 1. The summed E-state index contributed by atoms with van der Waals surface area (Å²) in [6.07, 6.45) is -4.53. The maximum absolute atomic E-state index is 12.9. The lowest BCUT2D eigenvalue weighted by Gasteiger charge is -2.18. The predicted octanol–water partition coefficient (Wildman–Crippen LogP) is 5.11. The minimum absolute atomic E-state index is 0.144. The Kier molecular flexibility index (Phi) is 6.50. The lowest BCUT2D eigenvalue weighted by molar-refractivity contribution is -0.137. The van der Waals surface area contributed by atoms with E-state index in [0.29, 0.717) is 6.61 Å². The van der Waals surface area contributed by atoms with E-state index in [0.717, 1.165) is 11.8 Å². The topological polar surface area (TPSA) is 33.3 Å². The molecule has 0 aliphatic carbocycles. The number of rotatable bonds is 5. The van der Waals surface area contributed by atoms with E-state index in [-0.39, 0.29) is 21.9 Å². The first-order chi connectivity index (χ1) is 11.8. The fraction of sp³-hybridized carbons (Fsp3) is 0.235. The molecule has 8 heteroatoms. The number of alkyl halides is 3. The molecule has 2 rings (SSSR count). The number of hydrogen-bond acceptors (Lipinski definition) is 2. The van der Waals surface area contributed by atoms with Gasteiger partial charge >= 0.3 is 6.18 Å². The zero-order valence-electron chi connectivity index (χ0n) is 13.2. The first-order valence-corrected chi connectivity index (χ1v) is 8.16. The Morgan fingerprint density at radius 2 is 1.88 bits per heavy atom. The van der Waals surface area contributed by atoms with Gasteiger partial charge in [-0.3, -0.25) is 0 Å². The van der Waals surface area contributed by atoms with Crippen LogP contribution >= 0.6 is 23.8 Å². The molecule has 0 radical (unpaired) electrons. The number of anilines is 1. The van der Waals surface area contributed by atoms with Gasteiger partial charge in [0.25, 0.3) is 0 Å². The zero-order valence-corrected chi connectivity index (χ0v) is 14.8. The number of nitrogens with one attached hydrogen (secondary N) is 2. The van der Waals surface area contributed by atoms with E-state index < -0.39 is 11.7 Å². The number of benzene rings is 2. The summed E-state index contributed by atoms with van der Waals surface area (Å²) in [6.45, 7) is 2.19. The third kappa shape index (κ3) is 6.10. The van der Waals surface area contributed by atoms with Crippen molar-refractivity contribution in [3.63, 3.8) is 0 Å². The highest BCUT2D eigenvalue weighted by Crippen LogP contribution is 2.36. The van der Waals surface area contributed by atoms with Crippen molar-refractivity contribution in [2.24, 2.45) is 0 Å². The van der Waals surface area contributed by atoms with Gasteiger partial charge in [0.1, 0.15) is 12.4 Å². The Balaban J connectivity index is 1.89. The van der Waals surface area contributed by atoms with Crippen molar-refractivity contribution in [3.05, 3.63) is 59.1 Å². The third-order valence-corrected chi connectivity index (χ3v) is 3.70. The quantitative estimate of drug-likeness (QED) is 0.697. The molecule has 0 saturated carbocycles. The van der Waals surface area contributed by atoms with Crippen molar-refractivity contribution in [3.8, 4) is 5.75 Å². The predicted molar refractivity (Wildman–Crippen MR) is 97.2 cm³/mol. The molecule has 2 N–H and O–H groups in total. The second kappa shape index (κ2) is 8.40. The average Bonchev–Trinajstić information content (AvgIpc) is 2.54. The van der Waals surface area contributed by atoms with E-state index in [1.807, 2.05) is 37.3 Å². The molecule has 0 aliphatic rings.